The molecule has 0 spiro atoms. The second-order valence-electron chi connectivity index (χ2n) is 4.26. The topological polar surface area (TPSA) is 89.8 Å². The van der Waals surface area contributed by atoms with Crippen LogP contribution in [0.1, 0.15) is 5.69 Å². The van der Waals surface area contributed by atoms with Crippen LogP contribution in [0, 0.1) is 0 Å². The summed E-state index contributed by atoms with van der Waals surface area (Å²) < 4.78 is 1.69. The van der Waals surface area contributed by atoms with Crippen LogP contribution in [-0.4, -0.2) is 25.1 Å². The number of aromatic hydroxyl groups is 1. The van der Waals surface area contributed by atoms with Gasteiger partial charge in [-0.3, -0.25) is 4.98 Å². The van der Waals surface area contributed by atoms with Crippen LogP contribution in [0.2, 0.25) is 0 Å². The summed E-state index contributed by atoms with van der Waals surface area (Å²) in [6, 6.07) is 10.5. The van der Waals surface area contributed by atoms with Crippen LogP contribution < -0.4 is 5.73 Å². The Balaban J connectivity index is 2.17. The molecule has 0 saturated heterocycles. The summed E-state index contributed by atoms with van der Waals surface area (Å²) >= 11 is 0. The minimum Gasteiger partial charge on any atom is -0.508 e. The molecule has 0 radical (unpaired) electrons. The molecule has 0 amide bonds. The van der Waals surface area contributed by atoms with E-state index in [0.717, 1.165) is 16.9 Å². The fourth-order valence-electron chi connectivity index (χ4n) is 2.02. The van der Waals surface area contributed by atoms with Crippen molar-refractivity contribution in [1.29, 1.82) is 0 Å². The van der Waals surface area contributed by atoms with Gasteiger partial charge in [-0.25, -0.2) is 4.68 Å². The third-order valence-electron chi connectivity index (χ3n) is 2.96. The van der Waals surface area contributed by atoms with Crippen molar-refractivity contribution in [1.82, 2.24) is 20.0 Å². The lowest BCUT2D eigenvalue weighted by atomic mass is 10.1. The largest absolute Gasteiger partial charge is 0.508 e. The highest BCUT2D eigenvalue weighted by atomic mass is 16.3. The molecule has 1 aromatic carbocycles. The Morgan fingerprint density at radius 2 is 1.95 bits per heavy atom. The van der Waals surface area contributed by atoms with Crippen LogP contribution >= 0.6 is 0 Å². The Hall–Kier alpha value is -2.73. The molecule has 0 saturated carbocycles. The molecule has 0 bridgehead atoms. The lowest BCUT2D eigenvalue weighted by Gasteiger charge is -2.07. The quantitative estimate of drug-likeness (QED) is 0.750. The Morgan fingerprint density at radius 3 is 2.60 bits per heavy atom. The van der Waals surface area contributed by atoms with E-state index in [-0.39, 0.29) is 5.75 Å². The molecular weight excluding hydrogens is 254 g/mol. The van der Waals surface area contributed by atoms with Gasteiger partial charge in [-0.1, -0.05) is 5.21 Å². The maximum absolute atomic E-state index is 9.37. The summed E-state index contributed by atoms with van der Waals surface area (Å²) in [5.41, 5.74) is 8.93. The van der Waals surface area contributed by atoms with E-state index in [2.05, 4.69) is 15.3 Å². The van der Waals surface area contributed by atoms with Crippen LogP contribution in [-0.2, 0) is 6.54 Å². The predicted molar refractivity (Wildman–Crippen MR) is 74.1 cm³/mol. The first-order chi connectivity index (χ1) is 9.79. The summed E-state index contributed by atoms with van der Waals surface area (Å²) in [5.74, 6) is 0.204. The number of hydrogen-bond acceptors (Lipinski definition) is 5. The van der Waals surface area contributed by atoms with Gasteiger partial charge in [0.15, 0.2) is 0 Å². The number of rotatable bonds is 3. The lowest BCUT2D eigenvalue weighted by molar-refractivity contribution is 0.475. The molecule has 2 heterocycles. The molecule has 0 aliphatic heterocycles. The number of pyridine rings is 1. The average molecular weight is 267 g/mol. The molecule has 0 fully saturated rings. The molecule has 0 aliphatic rings. The highest BCUT2D eigenvalue weighted by Crippen LogP contribution is 2.25. The molecule has 100 valence electrons. The van der Waals surface area contributed by atoms with Gasteiger partial charge in [-0.15, -0.1) is 5.10 Å². The van der Waals surface area contributed by atoms with Crippen LogP contribution in [0.25, 0.3) is 16.9 Å². The van der Waals surface area contributed by atoms with E-state index in [1.807, 2.05) is 12.1 Å². The van der Waals surface area contributed by atoms with E-state index in [1.165, 1.54) is 0 Å². The van der Waals surface area contributed by atoms with Gasteiger partial charge >= 0.3 is 0 Å². The maximum atomic E-state index is 9.37. The summed E-state index contributed by atoms with van der Waals surface area (Å²) in [6.07, 6.45) is 3.45. The van der Waals surface area contributed by atoms with Gasteiger partial charge in [-0.05, 0) is 36.4 Å². The van der Waals surface area contributed by atoms with Gasteiger partial charge in [0.25, 0.3) is 0 Å². The van der Waals surface area contributed by atoms with E-state index < -0.39 is 0 Å². The zero-order valence-electron chi connectivity index (χ0n) is 10.6. The highest BCUT2D eigenvalue weighted by molar-refractivity contribution is 5.63. The first-order valence-corrected chi connectivity index (χ1v) is 6.14. The standard InChI is InChI=1S/C14H13N5O/c15-8-13-14(10-2-1-7-16-9-10)19(18-17-13)11-3-5-12(20)6-4-11/h1-7,9,20H,8,15H2. The highest BCUT2D eigenvalue weighted by Gasteiger charge is 2.15. The van der Waals surface area contributed by atoms with Crippen molar-refractivity contribution in [3.63, 3.8) is 0 Å². The number of hydrogen-bond donors (Lipinski definition) is 2. The Bertz CT molecular complexity index is 706. The first-order valence-electron chi connectivity index (χ1n) is 6.14. The van der Waals surface area contributed by atoms with Gasteiger partial charge in [0.1, 0.15) is 17.1 Å². The summed E-state index contributed by atoms with van der Waals surface area (Å²) in [7, 11) is 0. The van der Waals surface area contributed by atoms with Gasteiger partial charge in [0.2, 0.25) is 0 Å². The van der Waals surface area contributed by atoms with Crippen molar-refractivity contribution in [2.75, 3.05) is 0 Å². The third kappa shape index (κ3) is 2.12. The molecule has 3 N–H and O–H groups in total. The van der Waals surface area contributed by atoms with Crippen molar-refractivity contribution in [3.8, 4) is 22.7 Å². The second-order valence-corrected chi connectivity index (χ2v) is 4.26. The van der Waals surface area contributed by atoms with E-state index in [1.54, 1.807) is 41.3 Å². The van der Waals surface area contributed by atoms with Crippen molar-refractivity contribution in [2.45, 2.75) is 6.54 Å². The summed E-state index contributed by atoms with van der Waals surface area (Å²) in [5, 5.41) is 17.6. The van der Waals surface area contributed by atoms with E-state index in [0.29, 0.717) is 12.2 Å². The van der Waals surface area contributed by atoms with Crippen molar-refractivity contribution < 1.29 is 5.11 Å². The number of phenols is 1. The Labute approximate surface area is 115 Å². The summed E-state index contributed by atoms with van der Waals surface area (Å²) in [4.78, 5) is 4.12. The van der Waals surface area contributed by atoms with Crippen molar-refractivity contribution in [3.05, 3.63) is 54.5 Å². The van der Waals surface area contributed by atoms with Crippen LogP contribution in [0.15, 0.2) is 48.8 Å². The zero-order valence-corrected chi connectivity index (χ0v) is 10.6. The molecule has 0 unspecified atom stereocenters. The molecule has 0 atom stereocenters. The lowest BCUT2D eigenvalue weighted by Crippen LogP contribution is -2.02. The van der Waals surface area contributed by atoms with Crippen LogP contribution in [0.3, 0.4) is 0 Å². The zero-order chi connectivity index (χ0) is 13.9. The first kappa shape index (κ1) is 12.3. The maximum Gasteiger partial charge on any atom is 0.115 e. The Morgan fingerprint density at radius 1 is 1.15 bits per heavy atom. The van der Waals surface area contributed by atoms with E-state index in [9.17, 15) is 5.11 Å². The number of nitrogens with zero attached hydrogens (tertiary/aromatic N) is 4. The fourth-order valence-corrected chi connectivity index (χ4v) is 2.02. The normalized spacial score (nSPS) is 10.7. The third-order valence-corrected chi connectivity index (χ3v) is 2.96. The number of phenolic OH excluding ortho intramolecular Hbond substituents is 1. The monoisotopic (exact) mass is 267 g/mol. The molecule has 3 aromatic rings. The molecule has 2 aromatic heterocycles. The molecular formula is C14H13N5O. The number of benzene rings is 1. The molecule has 3 rings (SSSR count). The van der Waals surface area contributed by atoms with Crippen LogP contribution in [0.5, 0.6) is 5.75 Å². The average Bonchev–Trinajstić information content (AvgIpc) is 2.93. The van der Waals surface area contributed by atoms with Gasteiger partial charge < -0.3 is 10.8 Å². The van der Waals surface area contributed by atoms with E-state index in [4.69, 9.17) is 5.73 Å². The molecule has 6 heteroatoms. The van der Waals surface area contributed by atoms with E-state index >= 15 is 0 Å². The second kappa shape index (κ2) is 5.10. The molecule has 0 aliphatic carbocycles. The van der Waals surface area contributed by atoms with Gasteiger partial charge in [0.05, 0.1) is 5.69 Å². The number of nitrogens with two attached hydrogens (primary N) is 1. The molecule has 6 nitrogen and oxygen atoms in total. The minimum atomic E-state index is 0.204. The number of aromatic nitrogens is 4. The predicted octanol–water partition coefficient (Wildman–Crippen LogP) is 1.49. The van der Waals surface area contributed by atoms with Crippen molar-refractivity contribution >= 4 is 0 Å². The van der Waals surface area contributed by atoms with Crippen molar-refractivity contribution in [2.24, 2.45) is 5.73 Å². The van der Waals surface area contributed by atoms with Crippen LogP contribution in [0.4, 0.5) is 0 Å². The van der Waals surface area contributed by atoms with Gasteiger partial charge in [0, 0.05) is 24.5 Å². The summed E-state index contributed by atoms with van der Waals surface area (Å²) in [6.45, 7) is 0.294. The smallest absolute Gasteiger partial charge is 0.115 e. The fraction of sp³-hybridized carbons (Fsp3) is 0.0714. The molecule has 20 heavy (non-hydrogen) atoms. The minimum absolute atomic E-state index is 0.204. The SMILES string of the molecule is NCc1nnn(-c2ccc(O)cc2)c1-c1cccnc1. The van der Waals surface area contributed by atoms with Gasteiger partial charge in [-0.2, -0.15) is 0 Å². The Kier molecular flexibility index (Phi) is 3.14.